The molecule has 0 saturated heterocycles. The van der Waals surface area contributed by atoms with Crippen LogP contribution in [0.15, 0.2) is 35.2 Å². The van der Waals surface area contributed by atoms with Crippen molar-refractivity contribution in [1.29, 1.82) is 0 Å². The second-order valence-electron chi connectivity index (χ2n) is 5.01. The minimum absolute atomic E-state index is 0.431. The van der Waals surface area contributed by atoms with Gasteiger partial charge in [-0.2, -0.15) is 0 Å². The summed E-state index contributed by atoms with van der Waals surface area (Å²) >= 11 is 1.67. The third-order valence-corrected chi connectivity index (χ3v) is 4.43. The van der Waals surface area contributed by atoms with E-state index < -0.39 is 5.97 Å². The SMILES string of the molecule is CSc1ccc(/C(=C\C2CCCCC2)C(=O)O)cc1. The van der Waals surface area contributed by atoms with E-state index >= 15 is 0 Å². The number of rotatable bonds is 4. The first-order valence-electron chi connectivity index (χ1n) is 6.80. The molecule has 1 fully saturated rings. The molecule has 1 saturated carbocycles. The third-order valence-electron chi connectivity index (χ3n) is 3.68. The lowest BCUT2D eigenvalue weighted by molar-refractivity contribution is -0.130. The quantitative estimate of drug-likeness (QED) is 0.652. The van der Waals surface area contributed by atoms with Crippen LogP contribution in [0.5, 0.6) is 0 Å². The van der Waals surface area contributed by atoms with Gasteiger partial charge in [0.15, 0.2) is 0 Å². The number of carboxylic acids is 1. The zero-order valence-electron chi connectivity index (χ0n) is 11.3. The molecule has 3 heteroatoms. The van der Waals surface area contributed by atoms with Gasteiger partial charge in [-0.3, -0.25) is 0 Å². The molecule has 0 unspecified atom stereocenters. The van der Waals surface area contributed by atoms with Crippen LogP contribution < -0.4 is 0 Å². The molecule has 1 aromatic rings. The van der Waals surface area contributed by atoms with Gasteiger partial charge in [0.1, 0.15) is 0 Å². The van der Waals surface area contributed by atoms with Crippen LogP contribution in [-0.2, 0) is 4.79 Å². The number of allylic oxidation sites excluding steroid dienone is 1. The predicted molar refractivity (Wildman–Crippen MR) is 80.4 cm³/mol. The van der Waals surface area contributed by atoms with Crippen LogP contribution in [-0.4, -0.2) is 17.3 Å². The van der Waals surface area contributed by atoms with Gasteiger partial charge >= 0.3 is 5.97 Å². The lowest BCUT2D eigenvalue weighted by atomic mass is 9.87. The summed E-state index contributed by atoms with van der Waals surface area (Å²) in [7, 11) is 0. The van der Waals surface area contributed by atoms with Crippen molar-refractivity contribution in [2.45, 2.75) is 37.0 Å². The Hall–Kier alpha value is -1.22. The molecule has 0 spiro atoms. The lowest BCUT2D eigenvalue weighted by Crippen LogP contribution is -2.07. The summed E-state index contributed by atoms with van der Waals surface area (Å²) in [6, 6.07) is 7.79. The first-order valence-corrected chi connectivity index (χ1v) is 8.02. The smallest absolute Gasteiger partial charge is 0.335 e. The molecule has 0 atom stereocenters. The van der Waals surface area contributed by atoms with Gasteiger partial charge in [-0.15, -0.1) is 11.8 Å². The van der Waals surface area contributed by atoms with Crippen molar-refractivity contribution in [1.82, 2.24) is 0 Å². The van der Waals surface area contributed by atoms with Gasteiger partial charge in [0.25, 0.3) is 0 Å². The van der Waals surface area contributed by atoms with Crippen LogP contribution in [0.2, 0.25) is 0 Å². The Morgan fingerprint density at radius 2 is 1.84 bits per heavy atom. The molecule has 1 aromatic carbocycles. The minimum atomic E-state index is -0.817. The van der Waals surface area contributed by atoms with E-state index in [2.05, 4.69) is 0 Å². The van der Waals surface area contributed by atoms with E-state index in [0.717, 1.165) is 23.3 Å². The van der Waals surface area contributed by atoms with Gasteiger partial charge in [-0.25, -0.2) is 4.79 Å². The molecule has 0 aromatic heterocycles. The average Bonchev–Trinajstić information content (AvgIpc) is 2.46. The topological polar surface area (TPSA) is 37.3 Å². The second kappa shape index (κ2) is 6.80. The van der Waals surface area contributed by atoms with Crippen LogP contribution in [0.1, 0.15) is 37.7 Å². The highest BCUT2D eigenvalue weighted by molar-refractivity contribution is 7.98. The molecule has 1 aliphatic rings. The van der Waals surface area contributed by atoms with E-state index in [1.54, 1.807) is 11.8 Å². The summed E-state index contributed by atoms with van der Waals surface area (Å²) in [5, 5.41) is 9.41. The highest BCUT2D eigenvalue weighted by Crippen LogP contribution is 2.28. The largest absolute Gasteiger partial charge is 0.478 e. The molecule has 102 valence electrons. The van der Waals surface area contributed by atoms with Crippen LogP contribution in [0, 0.1) is 5.92 Å². The maximum atomic E-state index is 11.5. The molecule has 2 rings (SSSR count). The fraction of sp³-hybridized carbons (Fsp3) is 0.438. The van der Waals surface area contributed by atoms with Crippen molar-refractivity contribution >= 4 is 23.3 Å². The fourth-order valence-corrected chi connectivity index (χ4v) is 3.01. The van der Waals surface area contributed by atoms with E-state index in [1.807, 2.05) is 36.6 Å². The summed E-state index contributed by atoms with van der Waals surface area (Å²) in [5.74, 6) is -0.387. The fourth-order valence-electron chi connectivity index (χ4n) is 2.60. The van der Waals surface area contributed by atoms with Crippen molar-refractivity contribution in [3.63, 3.8) is 0 Å². The molecular weight excluding hydrogens is 256 g/mol. The first kappa shape index (κ1) is 14.2. The van der Waals surface area contributed by atoms with Crippen molar-refractivity contribution in [3.8, 4) is 0 Å². The molecule has 0 bridgehead atoms. The molecule has 1 aliphatic carbocycles. The van der Waals surface area contributed by atoms with Crippen molar-refractivity contribution in [2.24, 2.45) is 5.92 Å². The van der Waals surface area contributed by atoms with Crippen LogP contribution >= 0.6 is 11.8 Å². The van der Waals surface area contributed by atoms with Crippen LogP contribution in [0.3, 0.4) is 0 Å². The van der Waals surface area contributed by atoms with Crippen LogP contribution in [0.4, 0.5) is 0 Å². The van der Waals surface area contributed by atoms with E-state index in [-0.39, 0.29) is 0 Å². The average molecular weight is 276 g/mol. The molecule has 2 nitrogen and oxygen atoms in total. The number of carboxylic acid groups (broad SMARTS) is 1. The van der Waals surface area contributed by atoms with Crippen molar-refractivity contribution in [3.05, 3.63) is 35.9 Å². The minimum Gasteiger partial charge on any atom is -0.478 e. The van der Waals surface area contributed by atoms with E-state index in [4.69, 9.17) is 0 Å². The van der Waals surface area contributed by atoms with E-state index in [1.165, 1.54) is 19.3 Å². The number of thioether (sulfide) groups is 1. The summed E-state index contributed by atoms with van der Waals surface area (Å²) in [4.78, 5) is 12.6. The van der Waals surface area contributed by atoms with Gasteiger partial charge in [0, 0.05) is 4.90 Å². The van der Waals surface area contributed by atoms with Gasteiger partial charge < -0.3 is 5.11 Å². The number of aliphatic carboxylic acids is 1. The zero-order chi connectivity index (χ0) is 13.7. The van der Waals surface area contributed by atoms with E-state index in [0.29, 0.717) is 11.5 Å². The van der Waals surface area contributed by atoms with Crippen molar-refractivity contribution in [2.75, 3.05) is 6.26 Å². The molecule has 0 amide bonds. The van der Waals surface area contributed by atoms with Gasteiger partial charge in [-0.05, 0) is 42.7 Å². The molecule has 0 aliphatic heterocycles. The van der Waals surface area contributed by atoms with E-state index in [9.17, 15) is 9.90 Å². The van der Waals surface area contributed by atoms with Gasteiger partial charge in [0.05, 0.1) is 5.57 Å². The summed E-state index contributed by atoms with van der Waals surface area (Å²) in [6.45, 7) is 0. The van der Waals surface area contributed by atoms with Crippen molar-refractivity contribution < 1.29 is 9.90 Å². The van der Waals surface area contributed by atoms with Crippen LogP contribution in [0.25, 0.3) is 5.57 Å². The number of carbonyl (C=O) groups is 1. The normalized spacial score (nSPS) is 17.4. The monoisotopic (exact) mass is 276 g/mol. The molecule has 0 radical (unpaired) electrons. The second-order valence-corrected chi connectivity index (χ2v) is 5.89. The Balaban J connectivity index is 2.22. The molecule has 0 heterocycles. The Morgan fingerprint density at radius 3 is 2.37 bits per heavy atom. The standard InChI is InChI=1S/C16H20O2S/c1-19-14-9-7-13(8-10-14)15(16(17)18)11-12-5-3-2-4-6-12/h7-12H,2-6H2,1H3,(H,17,18)/b15-11+. The predicted octanol–water partition coefficient (Wildman–Crippen LogP) is 4.46. The molecular formula is C16H20O2S. The zero-order valence-corrected chi connectivity index (χ0v) is 12.1. The number of hydrogen-bond donors (Lipinski definition) is 1. The first-order chi connectivity index (χ1) is 9.20. The number of benzene rings is 1. The third kappa shape index (κ3) is 3.87. The maximum Gasteiger partial charge on any atom is 0.335 e. The highest BCUT2D eigenvalue weighted by Gasteiger charge is 2.16. The summed E-state index contributed by atoms with van der Waals surface area (Å²) < 4.78 is 0. The highest BCUT2D eigenvalue weighted by atomic mass is 32.2. The maximum absolute atomic E-state index is 11.5. The van der Waals surface area contributed by atoms with Gasteiger partial charge in [-0.1, -0.05) is 37.5 Å². The molecule has 19 heavy (non-hydrogen) atoms. The Kier molecular flexibility index (Phi) is 5.08. The Morgan fingerprint density at radius 1 is 1.21 bits per heavy atom. The van der Waals surface area contributed by atoms with Gasteiger partial charge in [0.2, 0.25) is 0 Å². The lowest BCUT2D eigenvalue weighted by Gasteiger charge is -2.19. The molecule has 1 N–H and O–H groups in total. The number of hydrogen-bond acceptors (Lipinski definition) is 2. The Bertz CT molecular complexity index is 456. The Labute approximate surface area is 118 Å². The summed E-state index contributed by atoms with van der Waals surface area (Å²) in [6.07, 6.45) is 9.97. The summed E-state index contributed by atoms with van der Waals surface area (Å²) in [5.41, 5.74) is 1.27.